The van der Waals surface area contributed by atoms with Gasteiger partial charge < -0.3 is 16.2 Å². The van der Waals surface area contributed by atoms with E-state index in [9.17, 15) is 4.79 Å². The fourth-order valence-corrected chi connectivity index (χ4v) is 2.60. The van der Waals surface area contributed by atoms with Gasteiger partial charge in [-0.3, -0.25) is 4.79 Å². The molecule has 1 rings (SSSR count). The van der Waals surface area contributed by atoms with E-state index in [2.05, 4.69) is 0 Å². The molecule has 0 radical (unpaired) electrons. The number of primary amides is 1. The second-order valence-corrected chi connectivity index (χ2v) is 5.22. The van der Waals surface area contributed by atoms with Crippen LogP contribution in [0, 0.1) is 0 Å². The first kappa shape index (κ1) is 11.8. The lowest BCUT2D eigenvalue weighted by molar-refractivity contribution is -0.121. The lowest BCUT2D eigenvalue weighted by Crippen LogP contribution is -2.51. The Morgan fingerprint density at radius 1 is 1.71 bits per heavy atom. The van der Waals surface area contributed by atoms with Crippen LogP contribution < -0.4 is 11.5 Å². The Balaban J connectivity index is 2.36. The van der Waals surface area contributed by atoms with Crippen molar-refractivity contribution >= 4 is 17.7 Å². The van der Waals surface area contributed by atoms with Crippen LogP contribution in [0.25, 0.3) is 0 Å². The molecule has 0 aromatic heterocycles. The van der Waals surface area contributed by atoms with Crippen LogP contribution in [0.2, 0.25) is 0 Å². The fourth-order valence-electron chi connectivity index (χ4n) is 1.28. The topological polar surface area (TPSA) is 78.3 Å². The van der Waals surface area contributed by atoms with Gasteiger partial charge in [0.05, 0.1) is 6.10 Å². The highest BCUT2D eigenvalue weighted by Gasteiger charge is 2.30. The van der Waals surface area contributed by atoms with Crippen LogP contribution in [-0.4, -0.2) is 35.2 Å². The molecule has 1 heterocycles. The summed E-state index contributed by atoms with van der Waals surface area (Å²) in [6.07, 6.45) is 1.28. The third kappa shape index (κ3) is 2.87. The van der Waals surface area contributed by atoms with Gasteiger partial charge in [-0.25, -0.2) is 0 Å². The minimum Gasteiger partial charge on any atom is -0.377 e. The molecule has 82 valence electrons. The Morgan fingerprint density at radius 2 is 2.36 bits per heavy atom. The largest absolute Gasteiger partial charge is 0.377 e. The molecule has 0 bridgehead atoms. The molecule has 3 atom stereocenters. The average molecular weight is 218 g/mol. The number of carbonyl (C=O) groups excluding carboxylic acids is 1. The molecular formula is C9H18N2O2S. The molecular weight excluding hydrogens is 200 g/mol. The van der Waals surface area contributed by atoms with Gasteiger partial charge >= 0.3 is 0 Å². The number of hydrogen-bond donors (Lipinski definition) is 2. The lowest BCUT2D eigenvalue weighted by atomic mass is 10.1. The Bertz CT molecular complexity index is 221. The summed E-state index contributed by atoms with van der Waals surface area (Å²) in [5.41, 5.74) is 10.0. The minimum absolute atomic E-state index is 0.253. The summed E-state index contributed by atoms with van der Waals surface area (Å²) in [4.78, 5) is 11.0. The van der Waals surface area contributed by atoms with Gasteiger partial charge in [-0.05, 0) is 20.3 Å². The maximum atomic E-state index is 11.0. The van der Waals surface area contributed by atoms with Gasteiger partial charge in [0.1, 0.15) is 5.54 Å². The first-order chi connectivity index (χ1) is 6.43. The summed E-state index contributed by atoms with van der Waals surface area (Å²) < 4.78 is 5.41. The quantitative estimate of drug-likeness (QED) is 0.701. The van der Waals surface area contributed by atoms with Crippen molar-refractivity contribution in [2.24, 2.45) is 11.5 Å². The normalized spacial score (nSPS) is 31.4. The first-order valence-electron chi connectivity index (χ1n) is 4.75. The standard InChI is InChI=1S/C9H18N2O2S/c1-6-7(3-4-13-6)14-5-9(2,11)8(10)12/h6-7H,3-5,11H2,1-2H3,(H2,10,12). The molecule has 0 aromatic carbocycles. The van der Waals surface area contributed by atoms with Gasteiger partial charge in [0.15, 0.2) is 0 Å². The van der Waals surface area contributed by atoms with Crippen molar-refractivity contribution in [1.82, 2.24) is 0 Å². The maximum absolute atomic E-state index is 11.0. The summed E-state index contributed by atoms with van der Waals surface area (Å²) >= 11 is 1.68. The van der Waals surface area contributed by atoms with Gasteiger partial charge in [-0.15, -0.1) is 0 Å². The zero-order valence-electron chi connectivity index (χ0n) is 8.66. The van der Waals surface area contributed by atoms with Crippen LogP contribution in [0.1, 0.15) is 20.3 Å². The van der Waals surface area contributed by atoms with Crippen LogP contribution in [0.15, 0.2) is 0 Å². The Morgan fingerprint density at radius 3 is 2.79 bits per heavy atom. The number of hydrogen-bond acceptors (Lipinski definition) is 4. The molecule has 4 nitrogen and oxygen atoms in total. The molecule has 0 saturated carbocycles. The van der Waals surface area contributed by atoms with Gasteiger partial charge in [0, 0.05) is 17.6 Å². The van der Waals surface area contributed by atoms with Crippen molar-refractivity contribution in [3.63, 3.8) is 0 Å². The number of thioether (sulfide) groups is 1. The van der Waals surface area contributed by atoms with Crippen molar-refractivity contribution in [1.29, 1.82) is 0 Å². The Kier molecular flexibility index (Phi) is 3.80. The highest BCUT2D eigenvalue weighted by Crippen LogP contribution is 2.28. The zero-order valence-corrected chi connectivity index (χ0v) is 9.47. The van der Waals surface area contributed by atoms with E-state index < -0.39 is 11.4 Å². The zero-order chi connectivity index (χ0) is 10.8. The smallest absolute Gasteiger partial charge is 0.238 e. The number of ether oxygens (including phenoxy) is 1. The van der Waals surface area contributed by atoms with E-state index in [1.165, 1.54) is 0 Å². The van der Waals surface area contributed by atoms with Crippen molar-refractivity contribution in [3.05, 3.63) is 0 Å². The molecule has 5 heteroatoms. The molecule has 1 amide bonds. The van der Waals surface area contributed by atoms with E-state index in [0.717, 1.165) is 13.0 Å². The number of nitrogens with two attached hydrogens (primary N) is 2. The molecule has 4 N–H and O–H groups in total. The highest BCUT2D eigenvalue weighted by atomic mass is 32.2. The third-order valence-corrected chi connectivity index (χ3v) is 4.28. The average Bonchev–Trinajstić information content (AvgIpc) is 2.47. The van der Waals surface area contributed by atoms with Gasteiger partial charge in [-0.2, -0.15) is 11.8 Å². The second-order valence-electron chi connectivity index (χ2n) is 4.00. The molecule has 14 heavy (non-hydrogen) atoms. The van der Waals surface area contributed by atoms with Crippen molar-refractivity contribution < 1.29 is 9.53 Å². The third-order valence-electron chi connectivity index (χ3n) is 2.47. The SMILES string of the molecule is CC1OCCC1SCC(C)(N)C(N)=O. The molecule has 1 aliphatic heterocycles. The van der Waals surface area contributed by atoms with Crippen molar-refractivity contribution in [2.45, 2.75) is 37.2 Å². The highest BCUT2D eigenvalue weighted by molar-refractivity contribution is 8.00. The molecule has 1 aliphatic rings. The van der Waals surface area contributed by atoms with Crippen LogP contribution >= 0.6 is 11.8 Å². The molecule has 1 fully saturated rings. The molecule has 0 aromatic rings. The van der Waals surface area contributed by atoms with Crippen LogP contribution in [0.3, 0.4) is 0 Å². The fraction of sp³-hybridized carbons (Fsp3) is 0.889. The Hall–Kier alpha value is -0.260. The van der Waals surface area contributed by atoms with Crippen LogP contribution in [-0.2, 0) is 9.53 Å². The number of amides is 1. The summed E-state index contributed by atoms with van der Waals surface area (Å²) in [6.45, 7) is 4.52. The lowest BCUT2D eigenvalue weighted by Gasteiger charge is -2.22. The summed E-state index contributed by atoms with van der Waals surface area (Å²) in [7, 11) is 0. The van der Waals surface area contributed by atoms with E-state index in [-0.39, 0.29) is 6.10 Å². The van der Waals surface area contributed by atoms with E-state index >= 15 is 0 Å². The maximum Gasteiger partial charge on any atom is 0.238 e. The van der Waals surface area contributed by atoms with Crippen LogP contribution in [0.4, 0.5) is 0 Å². The van der Waals surface area contributed by atoms with Gasteiger partial charge in [0.2, 0.25) is 5.91 Å². The summed E-state index contributed by atoms with van der Waals surface area (Å²) in [6, 6.07) is 0. The van der Waals surface area contributed by atoms with Gasteiger partial charge in [-0.1, -0.05) is 0 Å². The number of rotatable bonds is 4. The van der Waals surface area contributed by atoms with Crippen LogP contribution in [0.5, 0.6) is 0 Å². The van der Waals surface area contributed by atoms with Gasteiger partial charge in [0.25, 0.3) is 0 Å². The van der Waals surface area contributed by atoms with E-state index in [1.807, 2.05) is 6.92 Å². The Labute approximate surface area is 88.7 Å². The predicted molar refractivity (Wildman–Crippen MR) is 58.1 cm³/mol. The van der Waals surface area contributed by atoms with Crippen molar-refractivity contribution in [3.8, 4) is 0 Å². The monoisotopic (exact) mass is 218 g/mol. The number of carbonyl (C=O) groups is 1. The van der Waals surface area contributed by atoms with E-state index in [4.69, 9.17) is 16.2 Å². The van der Waals surface area contributed by atoms with E-state index in [1.54, 1.807) is 18.7 Å². The first-order valence-corrected chi connectivity index (χ1v) is 5.80. The summed E-state index contributed by atoms with van der Waals surface area (Å²) in [5.74, 6) is 0.109. The summed E-state index contributed by atoms with van der Waals surface area (Å²) in [5, 5.41) is 0.442. The van der Waals surface area contributed by atoms with Crippen molar-refractivity contribution in [2.75, 3.05) is 12.4 Å². The molecule has 1 saturated heterocycles. The molecule has 0 aliphatic carbocycles. The van der Waals surface area contributed by atoms with E-state index in [0.29, 0.717) is 11.0 Å². The second kappa shape index (κ2) is 4.51. The molecule has 0 spiro atoms. The minimum atomic E-state index is -0.910. The predicted octanol–water partition coefficient (Wildman–Crippen LogP) is 0.0997. The molecule has 3 unspecified atom stereocenters.